The van der Waals surface area contributed by atoms with Gasteiger partial charge in [-0.25, -0.2) is 0 Å². The van der Waals surface area contributed by atoms with Crippen LogP contribution < -0.4 is 14.8 Å². The Labute approximate surface area is 222 Å². The van der Waals surface area contributed by atoms with E-state index in [4.69, 9.17) is 9.47 Å². The summed E-state index contributed by atoms with van der Waals surface area (Å²) in [5, 5.41) is 12.5. The fourth-order valence-corrected chi connectivity index (χ4v) is 4.03. The Kier molecular flexibility index (Phi) is 9.13. The molecule has 0 atom stereocenters. The number of benzene rings is 3. The highest BCUT2D eigenvalue weighted by molar-refractivity contribution is 14.1. The summed E-state index contributed by atoms with van der Waals surface area (Å²) in [6.07, 6.45) is 1.54. The van der Waals surface area contributed by atoms with Crippen LogP contribution in [-0.2, 0) is 11.4 Å². The molecule has 0 aliphatic carbocycles. The first-order chi connectivity index (χ1) is 16.3. The van der Waals surface area contributed by atoms with Crippen molar-refractivity contribution < 1.29 is 14.3 Å². The van der Waals surface area contributed by atoms with Gasteiger partial charge in [-0.2, -0.15) is 5.26 Å². The van der Waals surface area contributed by atoms with Gasteiger partial charge in [0, 0.05) is 13.7 Å². The van der Waals surface area contributed by atoms with E-state index in [9.17, 15) is 10.1 Å². The first-order valence-electron chi connectivity index (χ1n) is 10.6. The number of amides is 1. The summed E-state index contributed by atoms with van der Waals surface area (Å²) in [5.74, 6) is 0.635. The monoisotopic (exact) mass is 630 g/mol. The van der Waals surface area contributed by atoms with Crippen LogP contribution in [0.4, 0.5) is 5.69 Å². The predicted octanol–water partition coefficient (Wildman–Crippen LogP) is 7.19. The predicted molar refractivity (Wildman–Crippen MR) is 147 cm³/mol. The quantitative estimate of drug-likeness (QED) is 0.162. The maximum absolute atomic E-state index is 12.8. The zero-order valence-corrected chi connectivity index (χ0v) is 22.9. The highest BCUT2D eigenvalue weighted by atomic mass is 127. The highest BCUT2D eigenvalue weighted by Gasteiger charge is 2.15. The van der Waals surface area contributed by atoms with Gasteiger partial charge in [-0.05, 0) is 96.5 Å². The number of aryl methyl sites for hydroxylation is 2. The number of hydrogen-bond acceptors (Lipinski definition) is 4. The van der Waals surface area contributed by atoms with E-state index in [1.807, 2.05) is 69.3 Å². The van der Waals surface area contributed by atoms with Crippen molar-refractivity contribution in [1.82, 2.24) is 0 Å². The summed E-state index contributed by atoms with van der Waals surface area (Å²) in [6, 6.07) is 19.4. The van der Waals surface area contributed by atoms with E-state index in [0.29, 0.717) is 40.4 Å². The molecule has 0 unspecified atom stereocenters. The molecule has 5 nitrogen and oxygen atoms in total. The molecule has 3 aromatic rings. The van der Waals surface area contributed by atoms with Crippen molar-refractivity contribution >= 4 is 56.2 Å². The molecule has 0 aliphatic rings. The summed E-state index contributed by atoms with van der Waals surface area (Å²) in [7, 11) is 0. The minimum atomic E-state index is -0.474. The van der Waals surface area contributed by atoms with E-state index in [2.05, 4.69) is 43.8 Å². The number of carbonyl (C=O) groups excluding carboxylic acids is 1. The molecule has 1 N–H and O–H groups in total. The van der Waals surface area contributed by atoms with Gasteiger partial charge in [0.25, 0.3) is 5.91 Å². The molecule has 174 valence electrons. The van der Waals surface area contributed by atoms with Crippen LogP contribution in [0.25, 0.3) is 6.08 Å². The lowest BCUT2D eigenvalue weighted by Crippen LogP contribution is -2.14. The lowest BCUT2D eigenvalue weighted by molar-refractivity contribution is -0.112. The van der Waals surface area contributed by atoms with Gasteiger partial charge < -0.3 is 14.8 Å². The Morgan fingerprint density at radius 1 is 1.09 bits per heavy atom. The third-order valence-electron chi connectivity index (χ3n) is 4.97. The van der Waals surface area contributed by atoms with Gasteiger partial charge >= 0.3 is 0 Å². The summed E-state index contributed by atoms with van der Waals surface area (Å²) in [6.45, 7) is 6.63. The Hall–Kier alpha value is -2.83. The average Bonchev–Trinajstić information content (AvgIpc) is 2.81. The Morgan fingerprint density at radius 3 is 2.44 bits per heavy atom. The molecule has 0 radical (unpaired) electrons. The molecule has 7 heteroatoms. The molecular formula is C27H24BrIN2O3. The van der Waals surface area contributed by atoms with E-state index in [1.165, 1.54) is 6.08 Å². The molecule has 0 fully saturated rings. The van der Waals surface area contributed by atoms with E-state index in [-0.39, 0.29) is 5.57 Å². The average molecular weight is 631 g/mol. The van der Waals surface area contributed by atoms with E-state index in [0.717, 1.165) is 20.3 Å². The molecule has 0 aromatic heterocycles. The number of anilines is 1. The number of hydrogen-bond donors (Lipinski definition) is 1. The molecule has 0 saturated carbocycles. The second kappa shape index (κ2) is 12.0. The maximum Gasteiger partial charge on any atom is 0.266 e. The maximum atomic E-state index is 12.8. The van der Waals surface area contributed by atoms with Gasteiger partial charge in [0.05, 0.1) is 6.61 Å². The topological polar surface area (TPSA) is 71.3 Å². The van der Waals surface area contributed by atoms with Crippen LogP contribution in [0.3, 0.4) is 0 Å². The fourth-order valence-electron chi connectivity index (χ4n) is 3.23. The molecule has 0 bridgehead atoms. The number of nitrogens with zero attached hydrogens (tertiary/aromatic N) is 1. The van der Waals surface area contributed by atoms with Crippen molar-refractivity contribution in [3.63, 3.8) is 0 Å². The van der Waals surface area contributed by atoms with E-state index >= 15 is 0 Å². The fraction of sp³-hybridized carbons (Fsp3) is 0.185. The first-order valence-corrected chi connectivity index (χ1v) is 12.5. The SMILES string of the molecule is CCOc1cc(/C=C(\C#N)C(=O)Nc2ccc(C)cc2C)c(Br)cc1OCc1ccc(I)cc1. The lowest BCUT2D eigenvalue weighted by Gasteiger charge is -2.14. The first kappa shape index (κ1) is 25.8. The Balaban J connectivity index is 1.85. The highest BCUT2D eigenvalue weighted by Crippen LogP contribution is 2.35. The molecule has 34 heavy (non-hydrogen) atoms. The largest absolute Gasteiger partial charge is 0.490 e. The molecule has 0 spiro atoms. The minimum absolute atomic E-state index is 0.0179. The van der Waals surface area contributed by atoms with E-state index < -0.39 is 5.91 Å². The molecule has 3 aromatic carbocycles. The second-order valence-electron chi connectivity index (χ2n) is 7.61. The van der Waals surface area contributed by atoms with Crippen LogP contribution in [0.1, 0.15) is 29.2 Å². The van der Waals surface area contributed by atoms with Gasteiger partial charge in [-0.1, -0.05) is 45.8 Å². The van der Waals surface area contributed by atoms with Gasteiger partial charge in [-0.15, -0.1) is 0 Å². The van der Waals surface area contributed by atoms with Crippen LogP contribution in [0.15, 0.2) is 64.6 Å². The summed E-state index contributed by atoms with van der Waals surface area (Å²) < 4.78 is 13.6. The van der Waals surface area contributed by atoms with Crippen LogP contribution >= 0.6 is 38.5 Å². The number of ether oxygens (including phenoxy) is 2. The molecule has 0 saturated heterocycles. The smallest absolute Gasteiger partial charge is 0.266 e. The molecule has 1 amide bonds. The molecular weight excluding hydrogens is 607 g/mol. The summed E-state index contributed by atoms with van der Waals surface area (Å²) in [4.78, 5) is 12.8. The third-order valence-corrected chi connectivity index (χ3v) is 6.37. The van der Waals surface area contributed by atoms with Crippen LogP contribution in [0, 0.1) is 28.7 Å². The molecule has 0 heterocycles. The Bertz CT molecular complexity index is 1260. The number of halogens is 2. The van der Waals surface area contributed by atoms with Gasteiger partial charge in [0.2, 0.25) is 0 Å². The van der Waals surface area contributed by atoms with Crippen molar-refractivity contribution in [2.45, 2.75) is 27.4 Å². The zero-order valence-electron chi connectivity index (χ0n) is 19.1. The standard InChI is InChI=1S/C27H24BrIN2O3/c1-4-33-25-13-20(23(28)14-26(25)34-16-19-6-8-22(29)9-7-19)12-21(15-30)27(32)31-24-10-5-17(2)11-18(24)3/h5-14H,4,16H2,1-3H3,(H,31,32)/b21-12+. The van der Waals surface area contributed by atoms with Gasteiger partial charge in [0.15, 0.2) is 11.5 Å². The van der Waals surface area contributed by atoms with Crippen molar-refractivity contribution in [1.29, 1.82) is 5.26 Å². The van der Waals surface area contributed by atoms with Crippen molar-refractivity contribution in [3.05, 3.63) is 90.5 Å². The van der Waals surface area contributed by atoms with Gasteiger partial charge in [0.1, 0.15) is 18.2 Å². The minimum Gasteiger partial charge on any atom is -0.490 e. The number of nitriles is 1. The second-order valence-corrected chi connectivity index (χ2v) is 9.71. The lowest BCUT2D eigenvalue weighted by atomic mass is 10.1. The number of nitrogens with one attached hydrogen (secondary N) is 1. The number of rotatable bonds is 8. The summed E-state index contributed by atoms with van der Waals surface area (Å²) >= 11 is 5.80. The van der Waals surface area contributed by atoms with Crippen molar-refractivity contribution in [3.8, 4) is 17.6 Å². The van der Waals surface area contributed by atoms with Crippen molar-refractivity contribution in [2.24, 2.45) is 0 Å². The number of carbonyl (C=O) groups is 1. The normalized spacial score (nSPS) is 11.0. The van der Waals surface area contributed by atoms with Crippen LogP contribution in [-0.4, -0.2) is 12.5 Å². The van der Waals surface area contributed by atoms with Gasteiger partial charge in [-0.3, -0.25) is 4.79 Å². The third kappa shape index (κ3) is 6.84. The molecule has 3 rings (SSSR count). The van der Waals surface area contributed by atoms with Crippen LogP contribution in [0.2, 0.25) is 0 Å². The Morgan fingerprint density at radius 2 is 1.79 bits per heavy atom. The van der Waals surface area contributed by atoms with E-state index in [1.54, 1.807) is 12.1 Å². The zero-order chi connectivity index (χ0) is 24.7. The van der Waals surface area contributed by atoms with Crippen LogP contribution in [0.5, 0.6) is 11.5 Å². The van der Waals surface area contributed by atoms with Crippen molar-refractivity contribution in [2.75, 3.05) is 11.9 Å². The summed E-state index contributed by atoms with van der Waals surface area (Å²) in [5.41, 5.74) is 4.36. The molecule has 0 aliphatic heterocycles.